The number of nitrogens with zero attached hydrogens (tertiary/aromatic N) is 1. The van der Waals surface area contributed by atoms with Crippen LogP contribution in [0.3, 0.4) is 0 Å². The molecule has 1 N–H and O–H groups in total. The summed E-state index contributed by atoms with van der Waals surface area (Å²) in [5.74, 6) is -3.18. The van der Waals surface area contributed by atoms with E-state index in [1.165, 1.54) is 12.1 Å². The zero-order valence-corrected chi connectivity index (χ0v) is 11.1. The molecule has 1 aromatic carbocycles. The molecule has 0 spiro atoms. The van der Waals surface area contributed by atoms with Crippen molar-refractivity contribution in [2.45, 2.75) is 0 Å². The van der Waals surface area contributed by atoms with E-state index in [-0.39, 0.29) is 11.3 Å². The number of nitrogens with one attached hydrogen (secondary N) is 1. The normalized spacial score (nSPS) is 10.1. The number of carbonyl (C=O) groups excluding carboxylic acids is 2. The first-order valence-corrected chi connectivity index (χ1v) is 6.06. The van der Waals surface area contributed by atoms with Gasteiger partial charge in [0.1, 0.15) is 11.6 Å². The third-order valence-corrected chi connectivity index (χ3v) is 2.57. The van der Waals surface area contributed by atoms with E-state index >= 15 is 0 Å². The van der Waals surface area contributed by atoms with Gasteiger partial charge in [-0.1, -0.05) is 0 Å². The molecule has 0 bridgehead atoms. The van der Waals surface area contributed by atoms with E-state index in [1.807, 2.05) is 0 Å². The predicted octanol–water partition coefficient (Wildman–Crippen LogP) is 1.39. The maximum absolute atomic E-state index is 13.3. The van der Waals surface area contributed by atoms with Crippen molar-refractivity contribution in [3.63, 3.8) is 0 Å². The van der Waals surface area contributed by atoms with Gasteiger partial charge in [0, 0.05) is 18.2 Å². The van der Waals surface area contributed by atoms with Crippen LogP contribution < -0.4 is 10.0 Å². The number of ether oxygens (including phenoxy) is 1. The van der Waals surface area contributed by atoms with Gasteiger partial charge in [0.15, 0.2) is 19.0 Å². The lowest BCUT2D eigenvalue weighted by Gasteiger charge is -2.07. The van der Waals surface area contributed by atoms with Crippen LogP contribution in [0, 0.1) is 16.8 Å². The van der Waals surface area contributed by atoms with Crippen molar-refractivity contribution in [1.82, 2.24) is 0 Å². The zero-order chi connectivity index (χ0) is 16.1. The highest BCUT2D eigenvalue weighted by Crippen LogP contribution is 2.15. The molecule has 1 amide bonds. The van der Waals surface area contributed by atoms with Gasteiger partial charge in [-0.2, -0.15) is 4.73 Å². The quantitative estimate of drug-likeness (QED) is 0.526. The van der Waals surface area contributed by atoms with E-state index in [0.29, 0.717) is 4.73 Å². The van der Waals surface area contributed by atoms with Crippen molar-refractivity contribution >= 4 is 17.6 Å². The van der Waals surface area contributed by atoms with Gasteiger partial charge in [-0.25, -0.2) is 13.6 Å². The first-order chi connectivity index (χ1) is 10.5. The van der Waals surface area contributed by atoms with Crippen molar-refractivity contribution in [2.24, 2.45) is 0 Å². The summed E-state index contributed by atoms with van der Waals surface area (Å²) in [4.78, 5) is 23.1. The number of amides is 1. The molecule has 0 fully saturated rings. The molecule has 2 aromatic rings. The van der Waals surface area contributed by atoms with Crippen LogP contribution in [0.2, 0.25) is 0 Å². The van der Waals surface area contributed by atoms with Crippen molar-refractivity contribution in [1.29, 1.82) is 0 Å². The summed E-state index contributed by atoms with van der Waals surface area (Å²) in [5, 5.41) is 12.9. The lowest BCUT2D eigenvalue weighted by atomic mass is 10.3. The molecule has 0 unspecified atom stereocenters. The molecule has 6 nitrogen and oxygen atoms in total. The number of aromatic nitrogens is 1. The van der Waals surface area contributed by atoms with E-state index in [4.69, 9.17) is 4.74 Å². The van der Waals surface area contributed by atoms with Crippen molar-refractivity contribution in [3.05, 3.63) is 65.1 Å². The Kier molecular flexibility index (Phi) is 4.62. The van der Waals surface area contributed by atoms with E-state index in [0.717, 1.165) is 30.6 Å². The summed E-state index contributed by atoms with van der Waals surface area (Å²) in [6, 6.07) is 5.01. The van der Waals surface area contributed by atoms with Gasteiger partial charge in [-0.15, -0.1) is 0 Å². The van der Waals surface area contributed by atoms with Gasteiger partial charge in [-0.05, 0) is 12.1 Å². The minimum absolute atomic E-state index is 0.0804. The smallest absolute Gasteiger partial charge is 0.339 e. The Morgan fingerprint density at radius 2 is 1.86 bits per heavy atom. The Morgan fingerprint density at radius 3 is 2.55 bits per heavy atom. The average Bonchev–Trinajstić information content (AvgIpc) is 2.49. The maximum Gasteiger partial charge on any atom is 0.339 e. The summed E-state index contributed by atoms with van der Waals surface area (Å²) in [6.45, 7) is -0.680. The molecule has 0 aliphatic carbocycles. The largest absolute Gasteiger partial charge is 0.619 e. The van der Waals surface area contributed by atoms with Crippen LogP contribution in [0.5, 0.6) is 0 Å². The molecule has 0 atom stereocenters. The fourth-order valence-electron chi connectivity index (χ4n) is 1.54. The molecule has 0 saturated heterocycles. The molecular formula is C14H10F2N2O4. The lowest BCUT2D eigenvalue weighted by Crippen LogP contribution is -2.25. The van der Waals surface area contributed by atoms with Crippen molar-refractivity contribution in [2.75, 3.05) is 11.9 Å². The number of hydrogen-bond donors (Lipinski definition) is 1. The minimum Gasteiger partial charge on any atom is -0.619 e. The third-order valence-electron chi connectivity index (χ3n) is 2.57. The van der Waals surface area contributed by atoms with Crippen molar-refractivity contribution < 1.29 is 27.8 Å². The molecule has 114 valence electrons. The lowest BCUT2D eigenvalue weighted by molar-refractivity contribution is -0.605. The Balaban J connectivity index is 1.91. The molecule has 22 heavy (non-hydrogen) atoms. The molecule has 0 aliphatic heterocycles. The zero-order valence-electron chi connectivity index (χ0n) is 11.1. The summed E-state index contributed by atoms with van der Waals surface area (Å²) in [5.41, 5.74) is -0.273. The van der Waals surface area contributed by atoms with Gasteiger partial charge in [0.2, 0.25) is 0 Å². The Morgan fingerprint density at radius 1 is 1.18 bits per heavy atom. The maximum atomic E-state index is 13.3. The molecule has 0 radical (unpaired) electrons. The Labute approximate surface area is 123 Å². The van der Waals surface area contributed by atoms with Crippen LogP contribution in [-0.4, -0.2) is 18.5 Å². The Bertz CT molecular complexity index is 704. The SMILES string of the molecule is O=C(COC(=O)c1cc[n+]([O-])cc1)Nc1cc(F)ccc1F. The van der Waals surface area contributed by atoms with Crippen LogP contribution >= 0.6 is 0 Å². The van der Waals surface area contributed by atoms with E-state index in [9.17, 15) is 23.6 Å². The number of halogens is 2. The van der Waals surface area contributed by atoms with Gasteiger partial charge < -0.3 is 15.3 Å². The third kappa shape index (κ3) is 3.98. The average molecular weight is 308 g/mol. The van der Waals surface area contributed by atoms with E-state index in [2.05, 4.69) is 5.32 Å². The van der Waals surface area contributed by atoms with Gasteiger partial charge in [-0.3, -0.25) is 4.79 Å². The summed E-state index contributed by atoms with van der Waals surface area (Å²) in [6.07, 6.45) is 2.19. The predicted molar refractivity (Wildman–Crippen MR) is 70.7 cm³/mol. The molecule has 0 saturated carbocycles. The fraction of sp³-hybridized carbons (Fsp3) is 0.0714. The molecule has 1 aromatic heterocycles. The second kappa shape index (κ2) is 6.61. The van der Waals surface area contributed by atoms with Crippen LogP contribution in [-0.2, 0) is 9.53 Å². The standard InChI is InChI=1S/C14H10F2N2O4/c15-10-1-2-11(16)12(7-10)17-13(19)8-22-14(20)9-3-5-18(21)6-4-9/h1-7H,8H2,(H,17,19). The topological polar surface area (TPSA) is 82.3 Å². The second-order valence-electron chi connectivity index (χ2n) is 4.20. The highest BCUT2D eigenvalue weighted by atomic mass is 19.1. The van der Waals surface area contributed by atoms with Gasteiger partial charge in [0.05, 0.1) is 11.3 Å². The van der Waals surface area contributed by atoms with E-state index in [1.54, 1.807) is 0 Å². The highest BCUT2D eigenvalue weighted by Gasteiger charge is 2.13. The van der Waals surface area contributed by atoms with Crippen molar-refractivity contribution in [3.8, 4) is 0 Å². The number of hydrogen-bond acceptors (Lipinski definition) is 4. The number of pyridine rings is 1. The number of esters is 1. The first kappa shape index (κ1) is 15.4. The fourth-order valence-corrected chi connectivity index (χ4v) is 1.54. The van der Waals surface area contributed by atoms with Gasteiger partial charge in [0.25, 0.3) is 5.91 Å². The Hall–Kier alpha value is -3.03. The second-order valence-corrected chi connectivity index (χ2v) is 4.20. The van der Waals surface area contributed by atoms with Crippen LogP contribution in [0.4, 0.5) is 14.5 Å². The van der Waals surface area contributed by atoms with Crippen LogP contribution in [0.1, 0.15) is 10.4 Å². The summed E-state index contributed by atoms with van der Waals surface area (Å²) >= 11 is 0. The molecule has 2 rings (SSSR count). The highest BCUT2D eigenvalue weighted by molar-refractivity contribution is 5.95. The number of carbonyl (C=O) groups is 2. The summed E-state index contributed by atoms with van der Waals surface area (Å²) in [7, 11) is 0. The van der Waals surface area contributed by atoms with E-state index < -0.39 is 30.1 Å². The number of anilines is 1. The molecule has 0 aliphatic rings. The number of rotatable bonds is 4. The molecular weight excluding hydrogens is 298 g/mol. The molecule has 1 heterocycles. The first-order valence-electron chi connectivity index (χ1n) is 6.06. The van der Waals surface area contributed by atoms with Crippen LogP contribution in [0.25, 0.3) is 0 Å². The summed E-state index contributed by atoms with van der Waals surface area (Å²) < 4.78 is 31.4. The molecule has 8 heteroatoms. The minimum atomic E-state index is -0.826. The monoisotopic (exact) mass is 308 g/mol. The van der Waals surface area contributed by atoms with Crippen LogP contribution in [0.15, 0.2) is 42.7 Å². The van der Waals surface area contributed by atoms with Gasteiger partial charge >= 0.3 is 5.97 Å². The number of benzene rings is 1.